The lowest BCUT2D eigenvalue weighted by Gasteiger charge is -1.99. The van der Waals surface area contributed by atoms with Gasteiger partial charge < -0.3 is 5.32 Å². The molecule has 0 radical (unpaired) electrons. The van der Waals surface area contributed by atoms with E-state index in [9.17, 15) is 0 Å². The molecule has 0 fully saturated rings. The third kappa shape index (κ3) is 2.05. The zero-order valence-electron chi connectivity index (χ0n) is 7.77. The Labute approximate surface area is 86.1 Å². The smallest absolute Gasteiger partial charge is 0.144 e. The fourth-order valence-corrected chi connectivity index (χ4v) is 1.70. The third-order valence-corrected chi connectivity index (χ3v) is 2.56. The summed E-state index contributed by atoms with van der Waals surface area (Å²) in [6.07, 6.45) is 6.06. The maximum atomic E-state index is 4.27. The van der Waals surface area contributed by atoms with Crippen LogP contribution >= 0.6 is 11.3 Å². The highest BCUT2D eigenvalue weighted by molar-refractivity contribution is 7.09. The second-order valence-corrected chi connectivity index (χ2v) is 3.72. The van der Waals surface area contributed by atoms with E-state index in [4.69, 9.17) is 0 Å². The van der Waals surface area contributed by atoms with E-state index in [0.717, 1.165) is 22.9 Å². The molecule has 4 nitrogen and oxygen atoms in total. The van der Waals surface area contributed by atoms with E-state index in [1.807, 2.05) is 12.4 Å². The molecule has 1 N–H and O–H groups in total. The predicted octanol–water partition coefficient (Wildman–Crippen LogP) is 1.57. The molecular formula is C9H10N4S. The molecule has 0 amide bonds. The molecule has 0 atom stereocenters. The summed E-state index contributed by atoms with van der Waals surface area (Å²) in [4.78, 5) is 12.6. The maximum Gasteiger partial charge on any atom is 0.144 e. The lowest BCUT2D eigenvalue weighted by atomic mass is 10.3. The van der Waals surface area contributed by atoms with Crippen LogP contribution in [0.1, 0.15) is 10.7 Å². The van der Waals surface area contributed by atoms with Crippen molar-refractivity contribution in [3.8, 4) is 0 Å². The fraction of sp³-hybridized carbons (Fsp3) is 0.222. The molecule has 0 aromatic carbocycles. The Morgan fingerprint density at radius 2 is 2.21 bits per heavy atom. The Hall–Kier alpha value is -1.49. The first-order valence-electron chi connectivity index (χ1n) is 4.25. The first-order valence-corrected chi connectivity index (χ1v) is 5.13. The molecule has 0 saturated carbocycles. The highest BCUT2D eigenvalue weighted by Gasteiger charge is 2.00. The molecule has 2 aromatic heterocycles. The van der Waals surface area contributed by atoms with Crippen LogP contribution in [-0.2, 0) is 6.42 Å². The van der Waals surface area contributed by atoms with E-state index in [1.165, 1.54) is 0 Å². The first kappa shape index (κ1) is 9.08. The van der Waals surface area contributed by atoms with Crippen LogP contribution in [-0.4, -0.2) is 22.0 Å². The van der Waals surface area contributed by atoms with Crippen molar-refractivity contribution in [1.82, 2.24) is 15.0 Å². The summed E-state index contributed by atoms with van der Waals surface area (Å²) in [5.41, 5.74) is 0.943. The van der Waals surface area contributed by atoms with Gasteiger partial charge in [-0.25, -0.2) is 9.97 Å². The zero-order chi connectivity index (χ0) is 9.80. The number of hydrogen-bond donors (Lipinski definition) is 1. The molecule has 0 aliphatic rings. The Kier molecular flexibility index (Phi) is 2.69. The van der Waals surface area contributed by atoms with Crippen molar-refractivity contribution >= 4 is 17.2 Å². The Morgan fingerprint density at radius 1 is 1.29 bits per heavy atom. The monoisotopic (exact) mass is 206 g/mol. The number of aromatic nitrogens is 3. The number of nitrogens with one attached hydrogen (secondary N) is 1. The van der Waals surface area contributed by atoms with E-state index in [0.29, 0.717) is 0 Å². The van der Waals surface area contributed by atoms with Crippen LogP contribution in [0.3, 0.4) is 0 Å². The fourth-order valence-electron chi connectivity index (χ4n) is 1.07. The van der Waals surface area contributed by atoms with Crippen LogP contribution in [0.25, 0.3) is 0 Å². The van der Waals surface area contributed by atoms with E-state index in [-0.39, 0.29) is 0 Å². The van der Waals surface area contributed by atoms with E-state index >= 15 is 0 Å². The molecule has 72 valence electrons. The largest absolute Gasteiger partial charge is 0.372 e. The summed E-state index contributed by atoms with van der Waals surface area (Å²) in [5, 5.41) is 5.96. The molecule has 2 heterocycles. The van der Waals surface area contributed by atoms with Crippen LogP contribution in [0.2, 0.25) is 0 Å². The molecule has 0 unspecified atom stereocenters. The summed E-state index contributed by atoms with van der Waals surface area (Å²) < 4.78 is 0. The number of nitrogens with zero attached hydrogens (tertiary/aromatic N) is 3. The summed E-state index contributed by atoms with van der Waals surface area (Å²) in [6.45, 7) is 0. The third-order valence-electron chi connectivity index (χ3n) is 1.78. The van der Waals surface area contributed by atoms with Crippen LogP contribution < -0.4 is 5.32 Å². The van der Waals surface area contributed by atoms with Crippen molar-refractivity contribution in [1.29, 1.82) is 0 Å². The zero-order valence-corrected chi connectivity index (χ0v) is 8.58. The van der Waals surface area contributed by atoms with Gasteiger partial charge in [-0.05, 0) is 0 Å². The minimum absolute atomic E-state index is 0.759. The average Bonchev–Trinajstić information content (AvgIpc) is 2.72. The number of hydrogen-bond acceptors (Lipinski definition) is 5. The van der Waals surface area contributed by atoms with E-state index in [1.54, 1.807) is 29.9 Å². The van der Waals surface area contributed by atoms with Gasteiger partial charge in [-0.2, -0.15) is 0 Å². The predicted molar refractivity (Wildman–Crippen MR) is 56.5 cm³/mol. The van der Waals surface area contributed by atoms with Gasteiger partial charge in [-0.3, -0.25) is 4.98 Å². The van der Waals surface area contributed by atoms with Crippen molar-refractivity contribution < 1.29 is 0 Å². The molecule has 0 spiro atoms. The van der Waals surface area contributed by atoms with E-state index in [2.05, 4.69) is 20.3 Å². The minimum atomic E-state index is 0.759. The maximum absolute atomic E-state index is 4.27. The van der Waals surface area contributed by atoms with Gasteiger partial charge in [0.25, 0.3) is 0 Å². The second-order valence-electron chi connectivity index (χ2n) is 2.75. The lowest BCUT2D eigenvalue weighted by molar-refractivity contribution is 1.02. The van der Waals surface area contributed by atoms with Crippen molar-refractivity contribution in [3.05, 3.63) is 34.7 Å². The van der Waals surface area contributed by atoms with Crippen LogP contribution in [0.4, 0.5) is 5.82 Å². The first-order chi connectivity index (χ1) is 6.88. The molecular weight excluding hydrogens is 196 g/mol. The number of rotatable bonds is 3. The van der Waals surface area contributed by atoms with Crippen LogP contribution in [0.5, 0.6) is 0 Å². The van der Waals surface area contributed by atoms with Crippen LogP contribution in [0, 0.1) is 0 Å². The minimum Gasteiger partial charge on any atom is -0.372 e. The summed E-state index contributed by atoms with van der Waals surface area (Å²) in [6, 6.07) is 0. The molecule has 0 aliphatic carbocycles. The quantitative estimate of drug-likeness (QED) is 0.828. The van der Waals surface area contributed by atoms with Crippen molar-refractivity contribution in [2.24, 2.45) is 0 Å². The average molecular weight is 206 g/mol. The SMILES string of the molecule is CNc1cnc(Cc2nccs2)cn1. The number of anilines is 1. The Morgan fingerprint density at radius 3 is 2.79 bits per heavy atom. The molecule has 0 aliphatic heterocycles. The Balaban J connectivity index is 2.10. The standard InChI is InChI=1S/C9H10N4S/c1-10-8-6-12-7(5-13-8)4-9-11-2-3-14-9/h2-3,5-6H,4H2,1H3,(H,10,13). The topological polar surface area (TPSA) is 50.7 Å². The van der Waals surface area contributed by atoms with Crippen molar-refractivity contribution in [2.75, 3.05) is 12.4 Å². The van der Waals surface area contributed by atoms with Gasteiger partial charge in [-0.15, -0.1) is 11.3 Å². The van der Waals surface area contributed by atoms with Gasteiger partial charge in [0, 0.05) is 25.0 Å². The Bertz CT molecular complexity index is 382. The van der Waals surface area contributed by atoms with Gasteiger partial charge in [-0.1, -0.05) is 0 Å². The highest BCUT2D eigenvalue weighted by atomic mass is 32.1. The molecule has 0 saturated heterocycles. The molecule has 2 rings (SSSR count). The van der Waals surface area contributed by atoms with Gasteiger partial charge >= 0.3 is 0 Å². The van der Waals surface area contributed by atoms with Gasteiger partial charge in [0.1, 0.15) is 5.82 Å². The summed E-state index contributed by atoms with van der Waals surface area (Å²) in [7, 11) is 1.82. The lowest BCUT2D eigenvalue weighted by Crippen LogP contribution is -1.97. The van der Waals surface area contributed by atoms with E-state index < -0.39 is 0 Å². The van der Waals surface area contributed by atoms with Gasteiger partial charge in [0.2, 0.25) is 0 Å². The van der Waals surface area contributed by atoms with Crippen LogP contribution in [0.15, 0.2) is 24.0 Å². The van der Waals surface area contributed by atoms with Gasteiger partial charge in [0.05, 0.1) is 23.1 Å². The highest BCUT2D eigenvalue weighted by Crippen LogP contribution is 2.09. The number of thiazole rings is 1. The summed E-state index contributed by atoms with van der Waals surface area (Å²) >= 11 is 1.63. The second kappa shape index (κ2) is 4.15. The molecule has 5 heteroatoms. The summed E-state index contributed by atoms with van der Waals surface area (Å²) in [5.74, 6) is 0.785. The van der Waals surface area contributed by atoms with Crippen molar-refractivity contribution in [3.63, 3.8) is 0 Å². The molecule has 14 heavy (non-hydrogen) atoms. The molecule has 0 bridgehead atoms. The molecule has 2 aromatic rings. The normalized spacial score (nSPS) is 10.1. The van der Waals surface area contributed by atoms with Crippen molar-refractivity contribution in [2.45, 2.75) is 6.42 Å². The van der Waals surface area contributed by atoms with Gasteiger partial charge in [0.15, 0.2) is 0 Å².